The minimum Gasteiger partial charge on any atom is -0.280 e. The van der Waals surface area contributed by atoms with E-state index in [0.717, 1.165) is 0 Å². The van der Waals surface area contributed by atoms with Gasteiger partial charge in [-0.05, 0) is 12.1 Å². The molecule has 4 heteroatoms. The Kier molecular flexibility index (Phi) is 2.59. The molecule has 1 aromatic heterocycles. The summed E-state index contributed by atoms with van der Waals surface area (Å²) in [6, 6.07) is 4.58. The molecule has 0 amide bonds. The smallest absolute Gasteiger partial charge is 0.234 e. The zero-order chi connectivity index (χ0) is 8.27. The maximum Gasteiger partial charge on any atom is 0.234 e. The summed E-state index contributed by atoms with van der Waals surface area (Å²) in [4.78, 5) is 14.3. The molecule has 0 saturated heterocycles. The molecule has 0 aliphatic carbocycles. The van der Waals surface area contributed by atoms with Gasteiger partial charge in [-0.1, -0.05) is 18.7 Å². The molecule has 0 saturated carbocycles. The summed E-state index contributed by atoms with van der Waals surface area (Å²) in [5.41, 5.74) is 0.438. The molecule has 58 valence electrons. The quantitative estimate of drug-likeness (QED) is 0.685. The molecule has 2 nitrogen and oxygen atoms in total. The van der Waals surface area contributed by atoms with Gasteiger partial charge in [-0.25, -0.2) is 9.37 Å². The Morgan fingerprint density at radius 2 is 2.36 bits per heavy atom. The van der Waals surface area contributed by atoms with Crippen LogP contribution in [0, 0.1) is 0 Å². The largest absolute Gasteiger partial charge is 0.280 e. The summed E-state index contributed by atoms with van der Waals surface area (Å²) in [7, 11) is 0. The lowest BCUT2D eigenvalue weighted by Gasteiger charge is -1.95. The van der Waals surface area contributed by atoms with E-state index in [4.69, 9.17) is 0 Å². The summed E-state index contributed by atoms with van der Waals surface area (Å²) in [5, 5.41) is -0.444. The summed E-state index contributed by atoms with van der Waals surface area (Å²) >= 11 is 3.55. The molecule has 1 heterocycles. The third kappa shape index (κ3) is 2.01. The highest BCUT2D eigenvalue weighted by atomic mass is 32.1. The minimum absolute atomic E-state index is 0.184. The Bertz CT molecular complexity index is 277. The predicted molar refractivity (Wildman–Crippen MR) is 42.4 cm³/mol. The number of hydrogen-bond donors (Lipinski definition) is 1. The van der Waals surface area contributed by atoms with E-state index in [2.05, 4.69) is 17.6 Å². The normalized spacial score (nSPS) is 9.64. The van der Waals surface area contributed by atoms with Crippen molar-refractivity contribution in [2.75, 3.05) is 0 Å². The van der Waals surface area contributed by atoms with Gasteiger partial charge < -0.3 is 0 Å². The van der Waals surface area contributed by atoms with Gasteiger partial charge in [0, 0.05) is 0 Å². The molecule has 1 aromatic rings. The van der Waals surface area contributed by atoms with Crippen LogP contribution in [-0.4, -0.2) is 10.1 Å². The summed E-state index contributed by atoms with van der Waals surface area (Å²) in [5.74, 6) is 0. The van der Waals surface area contributed by atoms with E-state index in [1.54, 1.807) is 6.07 Å². The van der Waals surface area contributed by atoms with Gasteiger partial charge in [0.05, 0.1) is 5.69 Å². The van der Waals surface area contributed by atoms with Gasteiger partial charge in [0.15, 0.2) is 0 Å². The van der Waals surface area contributed by atoms with Crippen LogP contribution in [0.1, 0.15) is 16.2 Å². The second kappa shape index (κ2) is 3.48. The second-order valence-electron chi connectivity index (χ2n) is 1.95. The van der Waals surface area contributed by atoms with Crippen LogP contribution in [0.25, 0.3) is 0 Å². The van der Waals surface area contributed by atoms with Crippen molar-refractivity contribution in [2.24, 2.45) is 0 Å². The van der Waals surface area contributed by atoms with Crippen LogP contribution in [0.15, 0.2) is 18.2 Å². The molecular weight excluding hydrogens is 165 g/mol. The van der Waals surface area contributed by atoms with Crippen molar-refractivity contribution in [2.45, 2.75) is 6.67 Å². The van der Waals surface area contributed by atoms with Gasteiger partial charge in [-0.2, -0.15) is 0 Å². The number of alkyl halides is 1. The monoisotopic (exact) mass is 171 g/mol. The Hall–Kier alpha value is -0.900. The SMILES string of the molecule is O=C(S)c1cccc(CF)n1. The van der Waals surface area contributed by atoms with E-state index in [1.807, 2.05) is 0 Å². The Balaban J connectivity index is 3.01. The molecule has 0 aromatic carbocycles. The topological polar surface area (TPSA) is 30.0 Å². The lowest BCUT2D eigenvalue weighted by atomic mass is 10.3. The van der Waals surface area contributed by atoms with E-state index in [9.17, 15) is 9.18 Å². The standard InChI is InChI=1S/C7H6FNOS/c8-4-5-2-1-3-6(9-5)7(10)11/h1-3H,4H2,(H,10,11). The number of thiol groups is 1. The number of halogens is 1. The van der Waals surface area contributed by atoms with Gasteiger partial charge in [0.1, 0.15) is 12.4 Å². The third-order valence-corrected chi connectivity index (χ3v) is 1.39. The van der Waals surface area contributed by atoms with E-state index in [0.29, 0.717) is 0 Å². The van der Waals surface area contributed by atoms with Gasteiger partial charge in [0.2, 0.25) is 5.12 Å². The zero-order valence-corrected chi connectivity index (χ0v) is 6.51. The first-order chi connectivity index (χ1) is 5.24. The highest BCUT2D eigenvalue weighted by Crippen LogP contribution is 2.03. The van der Waals surface area contributed by atoms with Crippen molar-refractivity contribution in [1.29, 1.82) is 0 Å². The highest BCUT2D eigenvalue weighted by Gasteiger charge is 2.01. The van der Waals surface area contributed by atoms with Gasteiger partial charge >= 0.3 is 0 Å². The molecule has 0 atom stereocenters. The second-order valence-corrected chi connectivity index (χ2v) is 2.36. The van der Waals surface area contributed by atoms with Crippen LogP contribution in [0.3, 0.4) is 0 Å². The molecule has 0 radical (unpaired) electrons. The number of carbonyl (C=O) groups excluding carboxylic acids is 1. The van der Waals surface area contributed by atoms with E-state index in [-0.39, 0.29) is 11.4 Å². The van der Waals surface area contributed by atoms with Crippen molar-refractivity contribution in [3.8, 4) is 0 Å². The summed E-state index contributed by atoms with van der Waals surface area (Å²) in [6.07, 6.45) is 0. The average Bonchev–Trinajstić information content (AvgIpc) is 2.05. The third-order valence-electron chi connectivity index (χ3n) is 1.16. The summed E-state index contributed by atoms with van der Waals surface area (Å²) < 4.78 is 12.0. The number of carbonyl (C=O) groups is 1. The van der Waals surface area contributed by atoms with Crippen molar-refractivity contribution in [1.82, 2.24) is 4.98 Å². The van der Waals surface area contributed by atoms with Crippen LogP contribution in [-0.2, 0) is 6.67 Å². The predicted octanol–water partition coefficient (Wildman–Crippen LogP) is 1.62. The number of nitrogens with zero attached hydrogens (tertiary/aromatic N) is 1. The minimum atomic E-state index is -0.658. The Morgan fingerprint density at radius 3 is 2.91 bits per heavy atom. The molecule has 0 spiro atoms. The summed E-state index contributed by atoms with van der Waals surface area (Å²) in [6.45, 7) is -0.658. The Morgan fingerprint density at radius 1 is 1.64 bits per heavy atom. The molecule has 0 bridgehead atoms. The van der Waals surface area contributed by atoms with Crippen LogP contribution < -0.4 is 0 Å². The number of aromatic nitrogens is 1. The first kappa shape index (κ1) is 8.20. The maximum absolute atomic E-state index is 12.0. The first-order valence-electron chi connectivity index (χ1n) is 2.99. The Labute approximate surface area is 68.9 Å². The van der Waals surface area contributed by atoms with Crippen LogP contribution >= 0.6 is 12.6 Å². The van der Waals surface area contributed by atoms with E-state index < -0.39 is 11.8 Å². The van der Waals surface area contributed by atoms with Crippen molar-refractivity contribution in [3.63, 3.8) is 0 Å². The molecular formula is C7H6FNOS. The van der Waals surface area contributed by atoms with Gasteiger partial charge in [0.25, 0.3) is 0 Å². The molecule has 0 unspecified atom stereocenters. The highest BCUT2D eigenvalue weighted by molar-refractivity contribution is 7.97. The van der Waals surface area contributed by atoms with Crippen molar-refractivity contribution < 1.29 is 9.18 Å². The fourth-order valence-electron chi connectivity index (χ4n) is 0.673. The average molecular weight is 171 g/mol. The van der Waals surface area contributed by atoms with Crippen LogP contribution in [0.5, 0.6) is 0 Å². The molecule has 0 fully saturated rings. The van der Waals surface area contributed by atoms with Crippen molar-refractivity contribution in [3.05, 3.63) is 29.6 Å². The lowest BCUT2D eigenvalue weighted by Crippen LogP contribution is -1.96. The molecule has 0 N–H and O–H groups in total. The van der Waals surface area contributed by atoms with Gasteiger partial charge in [-0.15, -0.1) is 0 Å². The zero-order valence-electron chi connectivity index (χ0n) is 5.62. The molecule has 1 rings (SSSR count). The van der Waals surface area contributed by atoms with E-state index in [1.165, 1.54) is 12.1 Å². The maximum atomic E-state index is 12.0. The number of pyridine rings is 1. The van der Waals surface area contributed by atoms with Crippen molar-refractivity contribution >= 4 is 17.7 Å². The fraction of sp³-hybridized carbons (Fsp3) is 0.143. The molecule has 0 aliphatic rings. The van der Waals surface area contributed by atoms with Crippen LogP contribution in [0.2, 0.25) is 0 Å². The fourth-order valence-corrected chi connectivity index (χ4v) is 0.798. The van der Waals surface area contributed by atoms with Gasteiger partial charge in [-0.3, -0.25) is 4.79 Å². The van der Waals surface area contributed by atoms with Crippen LogP contribution in [0.4, 0.5) is 4.39 Å². The van der Waals surface area contributed by atoms with E-state index >= 15 is 0 Å². The molecule has 0 aliphatic heterocycles. The number of hydrogen-bond acceptors (Lipinski definition) is 2. The first-order valence-corrected chi connectivity index (χ1v) is 3.44. The molecule has 11 heavy (non-hydrogen) atoms. The number of rotatable bonds is 2. The lowest BCUT2D eigenvalue weighted by molar-refractivity contribution is 0.108.